The van der Waals surface area contributed by atoms with E-state index in [0.717, 1.165) is 37.6 Å². The zero-order valence-electron chi connectivity index (χ0n) is 15.8. The normalized spacial score (nSPS) is 16.1. The van der Waals surface area contributed by atoms with Crippen LogP contribution in [0.1, 0.15) is 17.1 Å². The highest BCUT2D eigenvalue weighted by Crippen LogP contribution is 2.15. The fourth-order valence-electron chi connectivity index (χ4n) is 3.02. The van der Waals surface area contributed by atoms with Crippen molar-refractivity contribution in [2.24, 2.45) is 0 Å². The van der Waals surface area contributed by atoms with Crippen molar-refractivity contribution in [1.82, 2.24) is 29.7 Å². The minimum Gasteiger partial charge on any atom is -0.385 e. The number of carbonyl (C=O) groups is 1. The van der Waals surface area contributed by atoms with E-state index in [2.05, 4.69) is 25.2 Å². The van der Waals surface area contributed by atoms with Gasteiger partial charge in [-0.25, -0.2) is 4.98 Å². The maximum Gasteiger partial charge on any atom is 0.275 e. The van der Waals surface area contributed by atoms with Gasteiger partial charge in [-0.2, -0.15) is 9.61 Å². The van der Waals surface area contributed by atoms with Crippen LogP contribution in [0.2, 0.25) is 0 Å². The summed E-state index contributed by atoms with van der Waals surface area (Å²) in [5.41, 5.74) is 0.575. The summed E-state index contributed by atoms with van der Waals surface area (Å²) in [6, 6.07) is 1.50. The second-order valence-electron chi connectivity index (χ2n) is 6.67. The molecule has 1 saturated heterocycles. The summed E-state index contributed by atoms with van der Waals surface area (Å²) in [5, 5.41) is 8.20. The van der Waals surface area contributed by atoms with Crippen molar-refractivity contribution in [3.8, 4) is 0 Å². The predicted octanol–water partition coefficient (Wildman–Crippen LogP) is -0.270. The van der Waals surface area contributed by atoms with Crippen LogP contribution in [0.15, 0.2) is 10.9 Å². The third-order valence-corrected chi connectivity index (χ3v) is 5.35. The van der Waals surface area contributed by atoms with Crippen molar-refractivity contribution in [2.75, 3.05) is 53.0 Å². The van der Waals surface area contributed by atoms with E-state index in [1.807, 2.05) is 6.92 Å². The fourth-order valence-corrected chi connectivity index (χ4v) is 4.01. The number of nitrogens with one attached hydrogen (secondary N) is 1. The van der Waals surface area contributed by atoms with E-state index in [1.54, 1.807) is 7.11 Å². The molecule has 1 aliphatic heterocycles. The van der Waals surface area contributed by atoms with Crippen molar-refractivity contribution in [2.45, 2.75) is 19.9 Å². The number of hydrogen-bond donors (Lipinski definition) is 1. The van der Waals surface area contributed by atoms with Gasteiger partial charge in [0.15, 0.2) is 0 Å². The molecule has 0 spiro atoms. The number of nitrogens with zero attached hydrogens (tertiary/aromatic N) is 5. The quantitative estimate of drug-likeness (QED) is 0.616. The molecule has 0 radical (unpaired) electrons. The number of rotatable bonds is 8. The molecule has 0 unspecified atom stereocenters. The van der Waals surface area contributed by atoms with Gasteiger partial charge in [0.1, 0.15) is 5.01 Å². The van der Waals surface area contributed by atoms with Gasteiger partial charge in [-0.15, -0.1) is 0 Å². The van der Waals surface area contributed by atoms with E-state index in [4.69, 9.17) is 4.74 Å². The van der Waals surface area contributed by atoms with Gasteiger partial charge >= 0.3 is 0 Å². The number of aryl methyl sites for hydroxylation is 1. The Morgan fingerprint density at radius 1 is 1.30 bits per heavy atom. The first-order valence-electron chi connectivity index (χ1n) is 9.12. The van der Waals surface area contributed by atoms with Crippen LogP contribution in [0.5, 0.6) is 0 Å². The molecule has 148 valence electrons. The van der Waals surface area contributed by atoms with Crippen molar-refractivity contribution < 1.29 is 9.53 Å². The smallest absolute Gasteiger partial charge is 0.275 e. The Morgan fingerprint density at radius 2 is 2.04 bits per heavy atom. The van der Waals surface area contributed by atoms with Crippen LogP contribution >= 0.6 is 11.3 Å². The van der Waals surface area contributed by atoms with Gasteiger partial charge in [0.2, 0.25) is 10.9 Å². The lowest BCUT2D eigenvalue weighted by Gasteiger charge is -2.33. The molecule has 0 bridgehead atoms. The highest BCUT2D eigenvalue weighted by Gasteiger charge is 2.20. The van der Waals surface area contributed by atoms with Crippen LogP contribution in [-0.4, -0.2) is 83.3 Å². The molecule has 0 aromatic carbocycles. The Labute approximate surface area is 161 Å². The van der Waals surface area contributed by atoms with Crippen molar-refractivity contribution in [3.63, 3.8) is 0 Å². The summed E-state index contributed by atoms with van der Waals surface area (Å²) in [4.78, 5) is 33.4. The Kier molecular flexibility index (Phi) is 6.89. The average molecular weight is 395 g/mol. The van der Waals surface area contributed by atoms with Gasteiger partial charge in [-0.1, -0.05) is 11.3 Å². The lowest BCUT2D eigenvalue weighted by Crippen LogP contribution is -2.49. The Morgan fingerprint density at radius 3 is 2.78 bits per heavy atom. The van der Waals surface area contributed by atoms with Gasteiger partial charge in [-0.3, -0.25) is 19.4 Å². The number of amides is 1. The molecule has 3 heterocycles. The zero-order valence-corrected chi connectivity index (χ0v) is 16.6. The molecule has 0 atom stereocenters. The summed E-state index contributed by atoms with van der Waals surface area (Å²) in [6.07, 6.45) is 0.829. The minimum atomic E-state index is -0.138. The molecule has 0 aliphatic carbocycles. The summed E-state index contributed by atoms with van der Waals surface area (Å²) in [5.74, 6) is 0.0616. The number of piperazine rings is 1. The van der Waals surface area contributed by atoms with Gasteiger partial charge in [0.05, 0.1) is 13.1 Å². The summed E-state index contributed by atoms with van der Waals surface area (Å²) in [7, 11) is 1.66. The first-order chi connectivity index (χ1) is 13.0. The Bertz CT molecular complexity index is 828. The lowest BCUT2D eigenvalue weighted by atomic mass is 10.3. The largest absolute Gasteiger partial charge is 0.385 e. The Hall–Kier alpha value is -1.88. The summed E-state index contributed by atoms with van der Waals surface area (Å²) < 4.78 is 6.34. The molecule has 1 N–H and O–H groups in total. The average Bonchev–Trinajstić information content (AvgIpc) is 3.03. The van der Waals surface area contributed by atoms with Crippen LogP contribution < -0.4 is 10.9 Å². The highest BCUT2D eigenvalue weighted by molar-refractivity contribution is 7.16. The third kappa shape index (κ3) is 5.55. The number of fused-ring (bicyclic) bond motifs is 1. The lowest BCUT2D eigenvalue weighted by molar-refractivity contribution is -0.122. The monoisotopic (exact) mass is 394 g/mol. The fraction of sp³-hybridized carbons (Fsp3) is 0.647. The molecular weight excluding hydrogens is 368 g/mol. The van der Waals surface area contributed by atoms with E-state index in [9.17, 15) is 9.59 Å². The van der Waals surface area contributed by atoms with E-state index in [1.165, 1.54) is 21.9 Å². The molecule has 2 aromatic heterocycles. The van der Waals surface area contributed by atoms with Crippen LogP contribution in [0.3, 0.4) is 0 Å². The molecule has 3 rings (SSSR count). The van der Waals surface area contributed by atoms with Gasteiger partial charge < -0.3 is 10.1 Å². The zero-order chi connectivity index (χ0) is 19.2. The topological polar surface area (TPSA) is 92.1 Å². The predicted molar refractivity (Wildman–Crippen MR) is 103 cm³/mol. The first-order valence-corrected chi connectivity index (χ1v) is 9.93. The molecule has 2 aromatic rings. The van der Waals surface area contributed by atoms with Crippen molar-refractivity contribution in [1.29, 1.82) is 0 Å². The van der Waals surface area contributed by atoms with Crippen molar-refractivity contribution >= 4 is 22.2 Å². The minimum absolute atomic E-state index is 0.0616. The SMILES string of the molecule is COCCCNC(=O)CN1CCN(Cc2nn3c(=O)cc(C)nc3s2)CC1. The molecule has 9 nitrogen and oxygen atoms in total. The van der Waals surface area contributed by atoms with E-state index in [0.29, 0.717) is 36.9 Å². The third-order valence-electron chi connectivity index (χ3n) is 4.45. The molecule has 27 heavy (non-hydrogen) atoms. The Balaban J connectivity index is 1.45. The standard InChI is InChI=1S/C17H26N6O3S/c1-13-10-16(25)23-17(19-13)27-15(20-23)12-22-7-5-21(6-8-22)11-14(24)18-4-3-9-26-2/h10H,3-9,11-12H2,1-2H3,(H,18,24). The van der Waals surface area contributed by atoms with E-state index in [-0.39, 0.29) is 11.5 Å². The number of aromatic nitrogens is 3. The van der Waals surface area contributed by atoms with Gasteiger partial charge in [0.25, 0.3) is 5.56 Å². The van der Waals surface area contributed by atoms with Gasteiger partial charge in [-0.05, 0) is 13.3 Å². The molecular formula is C17H26N6O3S. The second-order valence-corrected chi connectivity index (χ2v) is 7.72. The summed E-state index contributed by atoms with van der Waals surface area (Å²) in [6.45, 7) is 7.67. The van der Waals surface area contributed by atoms with Gasteiger partial charge in [0, 0.05) is 58.2 Å². The van der Waals surface area contributed by atoms with Crippen LogP contribution in [-0.2, 0) is 16.1 Å². The maximum absolute atomic E-state index is 12.0. The highest BCUT2D eigenvalue weighted by atomic mass is 32.1. The number of ether oxygens (including phenoxy) is 1. The number of methoxy groups -OCH3 is 1. The van der Waals surface area contributed by atoms with Crippen LogP contribution in [0.25, 0.3) is 4.96 Å². The van der Waals surface area contributed by atoms with Crippen LogP contribution in [0, 0.1) is 6.92 Å². The van der Waals surface area contributed by atoms with E-state index >= 15 is 0 Å². The van der Waals surface area contributed by atoms with E-state index < -0.39 is 0 Å². The van der Waals surface area contributed by atoms with Crippen LogP contribution in [0.4, 0.5) is 0 Å². The molecule has 10 heteroatoms. The maximum atomic E-state index is 12.0. The number of carbonyl (C=O) groups excluding carboxylic acids is 1. The first kappa shape index (κ1) is 19.9. The molecule has 0 saturated carbocycles. The molecule has 1 fully saturated rings. The van der Waals surface area contributed by atoms with Crippen molar-refractivity contribution in [3.05, 3.63) is 27.1 Å². The number of hydrogen-bond acceptors (Lipinski definition) is 8. The summed E-state index contributed by atoms with van der Waals surface area (Å²) >= 11 is 1.45. The molecule has 1 aliphatic rings. The second kappa shape index (κ2) is 9.36. The molecule has 1 amide bonds.